The molecule has 122 valence electrons. The predicted molar refractivity (Wildman–Crippen MR) is 88.2 cm³/mol. The molecule has 2 aliphatic rings. The molecule has 1 heterocycles. The van der Waals surface area contributed by atoms with Crippen molar-refractivity contribution in [3.05, 3.63) is 0 Å². The van der Waals surface area contributed by atoms with Crippen LogP contribution in [0.3, 0.4) is 0 Å². The molecule has 0 spiro atoms. The third kappa shape index (κ3) is 5.28. The van der Waals surface area contributed by atoms with Gasteiger partial charge in [0.15, 0.2) is 0 Å². The van der Waals surface area contributed by atoms with E-state index >= 15 is 0 Å². The molecule has 2 unspecified atom stereocenters. The molecule has 0 bridgehead atoms. The highest BCUT2D eigenvalue weighted by Gasteiger charge is 2.30. The number of rotatable bonds is 7. The van der Waals surface area contributed by atoms with Crippen LogP contribution >= 0.6 is 0 Å². The fraction of sp³-hybridized carbons (Fsp3) is 0.944. The van der Waals surface area contributed by atoms with Gasteiger partial charge in [0.2, 0.25) is 5.91 Å². The SMILES string of the molecule is CCCC1CC(NCC2CCC2)CN(C(=O)CC(C)C)C1. The molecule has 1 saturated carbocycles. The van der Waals surface area contributed by atoms with E-state index in [4.69, 9.17) is 0 Å². The summed E-state index contributed by atoms with van der Waals surface area (Å²) >= 11 is 0. The highest BCUT2D eigenvalue weighted by molar-refractivity contribution is 5.76. The Morgan fingerprint density at radius 3 is 2.57 bits per heavy atom. The van der Waals surface area contributed by atoms with Gasteiger partial charge in [0.25, 0.3) is 0 Å². The van der Waals surface area contributed by atoms with E-state index in [0.29, 0.717) is 30.2 Å². The number of amides is 1. The first-order chi connectivity index (χ1) is 10.1. The van der Waals surface area contributed by atoms with Gasteiger partial charge in [0, 0.05) is 25.6 Å². The van der Waals surface area contributed by atoms with Gasteiger partial charge in [-0.1, -0.05) is 33.6 Å². The minimum Gasteiger partial charge on any atom is -0.341 e. The second kappa shape index (κ2) is 8.17. The van der Waals surface area contributed by atoms with Crippen molar-refractivity contribution in [1.82, 2.24) is 10.2 Å². The van der Waals surface area contributed by atoms with Crippen molar-refractivity contribution in [2.45, 2.75) is 71.8 Å². The Morgan fingerprint density at radius 2 is 2.00 bits per heavy atom. The van der Waals surface area contributed by atoms with Crippen molar-refractivity contribution in [3.63, 3.8) is 0 Å². The van der Waals surface area contributed by atoms with Crippen molar-refractivity contribution in [2.24, 2.45) is 17.8 Å². The summed E-state index contributed by atoms with van der Waals surface area (Å²) in [5.74, 6) is 2.42. The maximum Gasteiger partial charge on any atom is 0.222 e. The Labute approximate surface area is 130 Å². The van der Waals surface area contributed by atoms with E-state index in [2.05, 4.69) is 31.0 Å². The molecule has 0 aromatic heterocycles. The van der Waals surface area contributed by atoms with Crippen LogP contribution in [0.25, 0.3) is 0 Å². The number of hydrogen-bond donors (Lipinski definition) is 1. The highest BCUT2D eigenvalue weighted by atomic mass is 16.2. The third-order valence-corrected chi connectivity index (χ3v) is 5.09. The van der Waals surface area contributed by atoms with Crippen LogP contribution < -0.4 is 5.32 Å². The third-order valence-electron chi connectivity index (χ3n) is 5.09. The van der Waals surface area contributed by atoms with Gasteiger partial charge in [-0.2, -0.15) is 0 Å². The summed E-state index contributed by atoms with van der Waals surface area (Å²) in [4.78, 5) is 14.5. The molecule has 21 heavy (non-hydrogen) atoms. The average molecular weight is 294 g/mol. The zero-order valence-corrected chi connectivity index (χ0v) is 14.2. The van der Waals surface area contributed by atoms with Crippen molar-refractivity contribution < 1.29 is 4.79 Å². The van der Waals surface area contributed by atoms with Gasteiger partial charge in [-0.15, -0.1) is 0 Å². The molecule has 2 fully saturated rings. The summed E-state index contributed by atoms with van der Waals surface area (Å²) in [6, 6.07) is 0.520. The topological polar surface area (TPSA) is 32.3 Å². The second-order valence-electron chi connectivity index (χ2n) is 7.69. The Morgan fingerprint density at radius 1 is 1.24 bits per heavy atom. The Balaban J connectivity index is 1.85. The molecule has 1 N–H and O–H groups in total. The molecule has 2 rings (SSSR count). The lowest BCUT2D eigenvalue weighted by Crippen LogP contribution is -2.52. The summed E-state index contributed by atoms with van der Waals surface area (Å²) < 4.78 is 0. The van der Waals surface area contributed by atoms with Gasteiger partial charge in [-0.05, 0) is 50.0 Å². The quantitative estimate of drug-likeness (QED) is 0.780. The molecule has 0 aromatic carbocycles. The monoisotopic (exact) mass is 294 g/mol. The van der Waals surface area contributed by atoms with Crippen molar-refractivity contribution in [1.29, 1.82) is 0 Å². The summed E-state index contributed by atoms with van der Waals surface area (Å²) in [6.45, 7) is 9.61. The maximum absolute atomic E-state index is 12.4. The maximum atomic E-state index is 12.4. The fourth-order valence-corrected chi connectivity index (χ4v) is 3.68. The lowest BCUT2D eigenvalue weighted by molar-refractivity contribution is -0.134. The molecule has 1 aliphatic heterocycles. The number of nitrogens with one attached hydrogen (secondary N) is 1. The standard InChI is InChI=1S/C18H34N2O/c1-4-6-16-10-17(19-11-15-7-5-8-15)13-20(12-16)18(21)9-14(2)3/h14-17,19H,4-13H2,1-3H3. The van der Waals surface area contributed by atoms with Crippen LogP contribution in [0, 0.1) is 17.8 Å². The van der Waals surface area contributed by atoms with Gasteiger partial charge in [-0.3, -0.25) is 4.79 Å². The van der Waals surface area contributed by atoms with Crippen molar-refractivity contribution in [2.75, 3.05) is 19.6 Å². The molecule has 2 atom stereocenters. The van der Waals surface area contributed by atoms with Crippen LogP contribution in [-0.2, 0) is 4.79 Å². The number of likely N-dealkylation sites (tertiary alicyclic amines) is 1. The Kier molecular flexibility index (Phi) is 6.53. The van der Waals surface area contributed by atoms with E-state index < -0.39 is 0 Å². The van der Waals surface area contributed by atoms with Crippen LogP contribution in [0.5, 0.6) is 0 Å². The first-order valence-electron chi connectivity index (χ1n) is 9.09. The largest absolute Gasteiger partial charge is 0.341 e. The fourth-order valence-electron chi connectivity index (χ4n) is 3.68. The van der Waals surface area contributed by atoms with Gasteiger partial charge in [-0.25, -0.2) is 0 Å². The molecule has 1 amide bonds. The molecular weight excluding hydrogens is 260 g/mol. The van der Waals surface area contributed by atoms with E-state index in [1.807, 2.05) is 0 Å². The van der Waals surface area contributed by atoms with Crippen LogP contribution in [-0.4, -0.2) is 36.5 Å². The van der Waals surface area contributed by atoms with Gasteiger partial charge in [0.05, 0.1) is 0 Å². The number of carbonyl (C=O) groups excluding carboxylic acids is 1. The zero-order chi connectivity index (χ0) is 15.2. The van der Waals surface area contributed by atoms with E-state index in [1.165, 1.54) is 38.5 Å². The van der Waals surface area contributed by atoms with E-state index in [9.17, 15) is 4.79 Å². The van der Waals surface area contributed by atoms with Crippen LogP contribution in [0.1, 0.15) is 65.7 Å². The first-order valence-corrected chi connectivity index (χ1v) is 9.09. The summed E-state index contributed by atoms with van der Waals surface area (Å²) in [7, 11) is 0. The Bertz CT molecular complexity index is 325. The average Bonchev–Trinajstić information content (AvgIpc) is 2.36. The van der Waals surface area contributed by atoms with Crippen molar-refractivity contribution in [3.8, 4) is 0 Å². The van der Waals surface area contributed by atoms with E-state index in [1.54, 1.807) is 0 Å². The molecule has 0 aromatic rings. The van der Waals surface area contributed by atoms with Crippen molar-refractivity contribution >= 4 is 5.91 Å². The number of piperidine rings is 1. The predicted octanol–water partition coefficient (Wildman–Crippen LogP) is 3.44. The van der Waals surface area contributed by atoms with Gasteiger partial charge >= 0.3 is 0 Å². The number of carbonyl (C=O) groups is 1. The van der Waals surface area contributed by atoms with Gasteiger partial charge < -0.3 is 10.2 Å². The molecule has 0 radical (unpaired) electrons. The minimum atomic E-state index is 0.362. The summed E-state index contributed by atoms with van der Waals surface area (Å²) in [6.07, 6.45) is 8.65. The molecule has 3 heteroatoms. The van der Waals surface area contributed by atoms with Gasteiger partial charge in [0.1, 0.15) is 0 Å². The summed E-state index contributed by atoms with van der Waals surface area (Å²) in [5, 5.41) is 3.76. The number of nitrogens with zero attached hydrogens (tertiary/aromatic N) is 1. The van der Waals surface area contributed by atoms with E-state index in [-0.39, 0.29) is 0 Å². The van der Waals surface area contributed by atoms with Crippen LogP contribution in [0.4, 0.5) is 0 Å². The molecule has 1 aliphatic carbocycles. The normalized spacial score (nSPS) is 27.0. The molecular formula is C18H34N2O. The lowest BCUT2D eigenvalue weighted by Gasteiger charge is -2.39. The van der Waals surface area contributed by atoms with E-state index in [0.717, 1.165) is 25.6 Å². The van der Waals surface area contributed by atoms with Crippen LogP contribution in [0.15, 0.2) is 0 Å². The van der Waals surface area contributed by atoms with Crippen LogP contribution in [0.2, 0.25) is 0 Å². The zero-order valence-electron chi connectivity index (χ0n) is 14.2. The second-order valence-corrected chi connectivity index (χ2v) is 7.69. The first kappa shape index (κ1) is 16.8. The molecule has 3 nitrogen and oxygen atoms in total. The lowest BCUT2D eigenvalue weighted by atomic mass is 9.84. The number of hydrogen-bond acceptors (Lipinski definition) is 2. The smallest absolute Gasteiger partial charge is 0.222 e. The minimum absolute atomic E-state index is 0.362. The Hall–Kier alpha value is -0.570. The summed E-state index contributed by atoms with van der Waals surface area (Å²) in [5.41, 5.74) is 0. The highest BCUT2D eigenvalue weighted by Crippen LogP contribution is 2.27. The molecule has 1 saturated heterocycles.